The first-order valence-electron chi connectivity index (χ1n) is 8.41. The van der Waals surface area contributed by atoms with E-state index in [0.29, 0.717) is 17.9 Å². The number of nitrogens with one attached hydrogen (secondary N) is 3. The molecule has 2 heterocycles. The number of benzene rings is 1. The van der Waals surface area contributed by atoms with Crippen LogP contribution in [-0.4, -0.2) is 24.4 Å². The first-order valence-corrected chi connectivity index (χ1v) is 9.89. The Morgan fingerprint density at radius 2 is 1.75 bits per heavy atom. The van der Waals surface area contributed by atoms with Gasteiger partial charge in [-0.2, -0.15) is 0 Å². The zero-order valence-electron chi connectivity index (χ0n) is 15.1. The lowest BCUT2D eigenvalue weighted by Gasteiger charge is -2.11. The van der Waals surface area contributed by atoms with E-state index in [4.69, 9.17) is 0 Å². The van der Waals surface area contributed by atoms with E-state index in [1.54, 1.807) is 37.6 Å². The van der Waals surface area contributed by atoms with E-state index in [2.05, 4.69) is 25.3 Å². The van der Waals surface area contributed by atoms with Crippen LogP contribution >= 0.6 is 0 Å². The molecule has 2 amide bonds. The topological polar surface area (TPSA) is 113 Å². The molecule has 0 fully saturated rings. The van der Waals surface area contributed by atoms with E-state index < -0.39 is 16.1 Å². The van der Waals surface area contributed by atoms with E-state index in [1.807, 2.05) is 6.07 Å². The van der Waals surface area contributed by atoms with Gasteiger partial charge in [0.05, 0.1) is 10.6 Å². The van der Waals surface area contributed by atoms with Crippen LogP contribution in [0.25, 0.3) is 0 Å². The zero-order valence-corrected chi connectivity index (χ0v) is 15.9. The van der Waals surface area contributed by atoms with Gasteiger partial charge in [-0.1, -0.05) is 6.07 Å². The molecule has 28 heavy (non-hydrogen) atoms. The van der Waals surface area contributed by atoms with Crippen molar-refractivity contribution in [2.75, 3.05) is 10.0 Å². The molecule has 0 saturated heterocycles. The number of hydrogen-bond acceptors (Lipinski definition) is 5. The molecule has 0 bridgehead atoms. The van der Waals surface area contributed by atoms with Crippen LogP contribution in [0, 0.1) is 6.92 Å². The van der Waals surface area contributed by atoms with Gasteiger partial charge in [0.1, 0.15) is 0 Å². The van der Waals surface area contributed by atoms with E-state index in [-0.39, 0.29) is 4.90 Å². The summed E-state index contributed by atoms with van der Waals surface area (Å²) in [7, 11) is -3.74. The number of anilines is 2. The maximum absolute atomic E-state index is 12.5. The maximum Gasteiger partial charge on any atom is 0.319 e. The smallest absolute Gasteiger partial charge is 0.319 e. The second-order valence-corrected chi connectivity index (χ2v) is 7.67. The number of nitrogens with zero attached hydrogens (tertiary/aromatic N) is 2. The number of aryl methyl sites for hydroxylation is 1. The summed E-state index contributed by atoms with van der Waals surface area (Å²) >= 11 is 0. The minimum Gasteiger partial charge on any atom is -0.334 e. The van der Waals surface area contributed by atoms with Crippen molar-refractivity contribution in [3.63, 3.8) is 0 Å². The average Bonchev–Trinajstić information content (AvgIpc) is 2.69. The quantitative estimate of drug-likeness (QED) is 0.592. The summed E-state index contributed by atoms with van der Waals surface area (Å²) in [5.41, 5.74) is 2.53. The summed E-state index contributed by atoms with van der Waals surface area (Å²) in [5, 5.41) is 5.36. The Kier molecular flexibility index (Phi) is 5.85. The van der Waals surface area contributed by atoms with Crippen molar-refractivity contribution in [1.82, 2.24) is 15.3 Å². The highest BCUT2D eigenvalue weighted by molar-refractivity contribution is 7.92. The molecule has 3 N–H and O–H groups in total. The molecule has 0 radical (unpaired) electrons. The fourth-order valence-electron chi connectivity index (χ4n) is 2.37. The molecule has 0 unspecified atom stereocenters. The molecule has 3 rings (SSSR count). The number of pyridine rings is 2. The van der Waals surface area contributed by atoms with Gasteiger partial charge in [0.25, 0.3) is 10.0 Å². The van der Waals surface area contributed by atoms with Gasteiger partial charge >= 0.3 is 6.03 Å². The number of aromatic nitrogens is 2. The second-order valence-electron chi connectivity index (χ2n) is 5.99. The van der Waals surface area contributed by atoms with E-state index in [1.165, 1.54) is 30.5 Å². The summed E-state index contributed by atoms with van der Waals surface area (Å²) in [5.74, 6) is 0. The van der Waals surface area contributed by atoms with Crippen molar-refractivity contribution in [3.8, 4) is 0 Å². The van der Waals surface area contributed by atoms with Crippen molar-refractivity contribution < 1.29 is 13.2 Å². The summed E-state index contributed by atoms with van der Waals surface area (Å²) in [6, 6.07) is 10.7. The maximum atomic E-state index is 12.5. The number of sulfonamides is 1. The molecule has 8 nitrogen and oxygen atoms in total. The number of urea groups is 1. The molecule has 2 aromatic heterocycles. The fraction of sp³-hybridized carbons (Fsp3) is 0.105. The molecular weight excluding hydrogens is 378 g/mol. The van der Waals surface area contributed by atoms with Gasteiger partial charge in [-0.25, -0.2) is 13.2 Å². The molecule has 9 heteroatoms. The molecule has 0 saturated carbocycles. The van der Waals surface area contributed by atoms with Crippen molar-refractivity contribution in [2.24, 2.45) is 0 Å². The van der Waals surface area contributed by atoms with E-state index in [0.717, 1.165) is 11.1 Å². The lowest BCUT2D eigenvalue weighted by molar-refractivity contribution is 0.251. The molecule has 144 valence electrons. The van der Waals surface area contributed by atoms with Crippen LogP contribution in [0.3, 0.4) is 0 Å². The first kappa shape index (κ1) is 19.3. The average molecular weight is 397 g/mol. The van der Waals surface area contributed by atoms with Crippen LogP contribution in [0.15, 0.2) is 72.1 Å². The van der Waals surface area contributed by atoms with Crippen molar-refractivity contribution in [2.45, 2.75) is 18.4 Å². The fourth-order valence-corrected chi connectivity index (χ4v) is 3.50. The van der Waals surface area contributed by atoms with Crippen LogP contribution in [0.2, 0.25) is 0 Å². The summed E-state index contributed by atoms with van der Waals surface area (Å²) in [6.07, 6.45) is 6.42. The molecule has 0 aliphatic heterocycles. The molecule has 1 aromatic carbocycles. The molecule has 3 aromatic rings. The summed E-state index contributed by atoms with van der Waals surface area (Å²) in [4.78, 5) is 20.0. The number of rotatable bonds is 6. The summed E-state index contributed by atoms with van der Waals surface area (Å²) in [6.45, 7) is 2.10. The Morgan fingerprint density at radius 1 is 1.00 bits per heavy atom. The molecule has 0 spiro atoms. The molecule has 0 aliphatic rings. The number of amides is 2. The highest BCUT2D eigenvalue weighted by Crippen LogP contribution is 2.20. The molecule has 0 aliphatic carbocycles. The first-order chi connectivity index (χ1) is 13.4. The monoisotopic (exact) mass is 397 g/mol. The minimum absolute atomic E-state index is 0.0880. The van der Waals surface area contributed by atoms with Crippen LogP contribution < -0.4 is 15.4 Å². The second kappa shape index (κ2) is 8.49. The van der Waals surface area contributed by atoms with Gasteiger partial charge < -0.3 is 10.6 Å². The van der Waals surface area contributed by atoms with Gasteiger partial charge in [-0.05, 0) is 54.4 Å². The molecule has 0 atom stereocenters. The van der Waals surface area contributed by atoms with Gasteiger partial charge in [0.15, 0.2) is 0 Å². The van der Waals surface area contributed by atoms with Gasteiger partial charge in [0, 0.05) is 37.0 Å². The van der Waals surface area contributed by atoms with Gasteiger partial charge in [-0.15, -0.1) is 0 Å². The molecular formula is C19H19N5O3S. The third-order valence-electron chi connectivity index (χ3n) is 3.86. The summed E-state index contributed by atoms with van der Waals surface area (Å²) < 4.78 is 27.5. The number of carbonyl (C=O) groups excluding carboxylic acids is 1. The van der Waals surface area contributed by atoms with Gasteiger partial charge in [0.2, 0.25) is 0 Å². The van der Waals surface area contributed by atoms with Crippen LogP contribution in [-0.2, 0) is 16.6 Å². The Morgan fingerprint density at radius 3 is 2.43 bits per heavy atom. The third kappa shape index (κ3) is 5.04. The Bertz CT molecular complexity index is 1050. The third-order valence-corrected chi connectivity index (χ3v) is 5.24. The Labute approximate surface area is 163 Å². The van der Waals surface area contributed by atoms with Crippen molar-refractivity contribution in [1.29, 1.82) is 0 Å². The predicted molar refractivity (Wildman–Crippen MR) is 106 cm³/mol. The van der Waals surface area contributed by atoms with Gasteiger partial charge in [-0.3, -0.25) is 14.7 Å². The van der Waals surface area contributed by atoms with Crippen molar-refractivity contribution >= 4 is 27.4 Å². The van der Waals surface area contributed by atoms with E-state index >= 15 is 0 Å². The standard InChI is InChI=1S/C19H19N5O3S/c1-14-11-21-10-8-18(14)24-28(26,27)17-6-4-16(5-7-17)23-19(25)22-13-15-3-2-9-20-12-15/h2-12H,13H2,1H3,(H,21,24)(H2,22,23,25). The van der Waals surface area contributed by atoms with Crippen molar-refractivity contribution in [3.05, 3.63) is 78.4 Å². The van der Waals surface area contributed by atoms with E-state index in [9.17, 15) is 13.2 Å². The predicted octanol–water partition coefficient (Wildman–Crippen LogP) is 2.91. The lowest BCUT2D eigenvalue weighted by atomic mass is 10.3. The highest BCUT2D eigenvalue weighted by Gasteiger charge is 2.15. The normalized spacial score (nSPS) is 10.9. The Hall–Kier alpha value is -3.46. The highest BCUT2D eigenvalue weighted by atomic mass is 32.2. The van der Waals surface area contributed by atoms with Crippen LogP contribution in [0.4, 0.5) is 16.2 Å². The number of carbonyl (C=O) groups is 1. The minimum atomic E-state index is -3.74. The number of hydrogen-bond donors (Lipinski definition) is 3. The lowest BCUT2D eigenvalue weighted by Crippen LogP contribution is -2.28. The largest absolute Gasteiger partial charge is 0.334 e. The van der Waals surface area contributed by atoms with Crippen LogP contribution in [0.1, 0.15) is 11.1 Å². The van der Waals surface area contributed by atoms with Crippen LogP contribution in [0.5, 0.6) is 0 Å². The Balaban J connectivity index is 1.61. The zero-order chi connectivity index (χ0) is 20.0. The SMILES string of the molecule is Cc1cnccc1NS(=O)(=O)c1ccc(NC(=O)NCc2cccnc2)cc1.